The summed E-state index contributed by atoms with van der Waals surface area (Å²) in [6.45, 7) is 2.38. The fraction of sp³-hybridized carbons (Fsp3) is 0.353. The molecule has 138 valence electrons. The molecule has 1 aliphatic rings. The number of nitrogens with zero attached hydrogens (tertiary/aromatic N) is 3. The van der Waals surface area contributed by atoms with Crippen molar-refractivity contribution in [2.24, 2.45) is 0 Å². The van der Waals surface area contributed by atoms with Crippen molar-refractivity contribution in [3.8, 4) is 5.75 Å². The average Bonchev–Trinajstić information content (AvgIpc) is 2.64. The number of morpholine rings is 1. The monoisotopic (exact) mass is 378 g/mol. The number of methoxy groups -OCH3 is 1. The molecule has 26 heavy (non-hydrogen) atoms. The van der Waals surface area contributed by atoms with E-state index < -0.39 is 5.91 Å². The van der Waals surface area contributed by atoms with Crippen molar-refractivity contribution in [1.82, 2.24) is 9.78 Å². The van der Waals surface area contributed by atoms with Crippen molar-refractivity contribution in [3.63, 3.8) is 0 Å². The van der Waals surface area contributed by atoms with Crippen LogP contribution in [0.3, 0.4) is 0 Å². The van der Waals surface area contributed by atoms with E-state index in [2.05, 4.69) is 10.4 Å². The lowest BCUT2D eigenvalue weighted by Crippen LogP contribution is -2.38. The highest BCUT2D eigenvalue weighted by Crippen LogP contribution is 2.27. The summed E-state index contributed by atoms with van der Waals surface area (Å²) in [7, 11) is 1.50. The van der Waals surface area contributed by atoms with E-state index in [1.165, 1.54) is 13.2 Å². The van der Waals surface area contributed by atoms with Gasteiger partial charge in [0.15, 0.2) is 0 Å². The minimum Gasteiger partial charge on any atom is -0.495 e. The highest BCUT2D eigenvalue weighted by molar-refractivity contribution is 6.31. The van der Waals surface area contributed by atoms with Crippen LogP contribution in [0.25, 0.3) is 0 Å². The molecule has 1 aliphatic heterocycles. The van der Waals surface area contributed by atoms with E-state index in [1.807, 2.05) is 4.90 Å². The molecule has 0 saturated carbocycles. The first-order chi connectivity index (χ1) is 12.6. The third-order valence-corrected chi connectivity index (χ3v) is 4.15. The van der Waals surface area contributed by atoms with Crippen molar-refractivity contribution >= 4 is 29.0 Å². The first-order valence-electron chi connectivity index (χ1n) is 8.11. The molecule has 9 heteroatoms. The third kappa shape index (κ3) is 4.33. The number of aromatic nitrogens is 2. The number of anilines is 2. The zero-order chi connectivity index (χ0) is 18.5. The van der Waals surface area contributed by atoms with Crippen LogP contribution >= 0.6 is 11.6 Å². The van der Waals surface area contributed by atoms with Gasteiger partial charge in [0.2, 0.25) is 5.91 Å². The SMILES string of the molecule is COc1ccc(Cl)cc1NC(=O)Cn1nc(N2CCOCC2)ccc1=O. The molecular weight excluding hydrogens is 360 g/mol. The van der Waals surface area contributed by atoms with Gasteiger partial charge in [-0.2, -0.15) is 5.10 Å². The Balaban J connectivity index is 1.75. The molecule has 1 fully saturated rings. The number of amides is 1. The Morgan fingerprint density at radius 3 is 2.81 bits per heavy atom. The summed E-state index contributed by atoms with van der Waals surface area (Å²) >= 11 is 5.96. The molecule has 0 unspecified atom stereocenters. The van der Waals surface area contributed by atoms with Gasteiger partial charge >= 0.3 is 0 Å². The fourth-order valence-electron chi connectivity index (χ4n) is 2.62. The lowest BCUT2D eigenvalue weighted by molar-refractivity contribution is -0.117. The second-order valence-corrected chi connectivity index (χ2v) is 6.12. The lowest BCUT2D eigenvalue weighted by Gasteiger charge is -2.27. The van der Waals surface area contributed by atoms with Crippen LogP contribution in [0.1, 0.15) is 0 Å². The molecule has 8 nitrogen and oxygen atoms in total. The van der Waals surface area contributed by atoms with Crippen LogP contribution in [0.4, 0.5) is 11.5 Å². The largest absolute Gasteiger partial charge is 0.495 e. The number of halogens is 1. The van der Waals surface area contributed by atoms with Gasteiger partial charge < -0.3 is 19.7 Å². The smallest absolute Gasteiger partial charge is 0.267 e. The van der Waals surface area contributed by atoms with Gasteiger partial charge in [0.05, 0.1) is 26.0 Å². The molecular formula is C17H19ClN4O4. The van der Waals surface area contributed by atoms with Gasteiger partial charge in [-0.05, 0) is 24.3 Å². The predicted octanol–water partition coefficient (Wildman–Crippen LogP) is 1.38. The van der Waals surface area contributed by atoms with Gasteiger partial charge in [0.1, 0.15) is 18.1 Å². The normalized spacial score (nSPS) is 14.2. The zero-order valence-corrected chi connectivity index (χ0v) is 15.0. The van der Waals surface area contributed by atoms with Crippen molar-refractivity contribution in [1.29, 1.82) is 0 Å². The van der Waals surface area contributed by atoms with Crippen LogP contribution in [0.15, 0.2) is 35.1 Å². The summed E-state index contributed by atoms with van der Waals surface area (Å²) in [5, 5.41) is 7.45. The number of rotatable bonds is 5. The Morgan fingerprint density at radius 2 is 2.08 bits per heavy atom. The number of ether oxygens (including phenoxy) is 2. The van der Waals surface area contributed by atoms with Crippen LogP contribution in [0.2, 0.25) is 5.02 Å². The van der Waals surface area contributed by atoms with Crippen molar-refractivity contribution in [2.75, 3.05) is 43.6 Å². The Morgan fingerprint density at radius 1 is 1.31 bits per heavy atom. The maximum Gasteiger partial charge on any atom is 0.267 e. The van der Waals surface area contributed by atoms with Gasteiger partial charge in [-0.3, -0.25) is 9.59 Å². The summed E-state index contributed by atoms with van der Waals surface area (Å²) in [4.78, 5) is 26.4. The standard InChI is InChI=1S/C17H19ClN4O4/c1-25-14-3-2-12(18)10-13(14)19-16(23)11-22-17(24)5-4-15(20-22)21-6-8-26-9-7-21/h2-5,10H,6-9,11H2,1H3,(H,19,23). The van der Waals surface area contributed by atoms with E-state index >= 15 is 0 Å². The molecule has 0 radical (unpaired) electrons. The van der Waals surface area contributed by atoms with Crippen LogP contribution in [-0.4, -0.2) is 49.1 Å². The Labute approximate surface area is 155 Å². The molecule has 0 bridgehead atoms. The van der Waals surface area contributed by atoms with Gasteiger partial charge in [-0.1, -0.05) is 11.6 Å². The molecule has 0 aliphatic carbocycles. The fourth-order valence-corrected chi connectivity index (χ4v) is 2.79. The van der Waals surface area contributed by atoms with Crippen LogP contribution in [-0.2, 0) is 16.1 Å². The minimum atomic E-state index is -0.403. The van der Waals surface area contributed by atoms with Crippen LogP contribution in [0.5, 0.6) is 5.75 Å². The first-order valence-corrected chi connectivity index (χ1v) is 8.49. The number of nitrogens with one attached hydrogen (secondary N) is 1. The first kappa shape index (κ1) is 18.2. The Hall–Kier alpha value is -2.58. The van der Waals surface area contributed by atoms with Gasteiger partial charge in [-0.15, -0.1) is 0 Å². The van der Waals surface area contributed by atoms with Crippen molar-refractivity contribution < 1.29 is 14.3 Å². The highest BCUT2D eigenvalue weighted by atomic mass is 35.5. The van der Waals surface area contributed by atoms with Crippen molar-refractivity contribution in [2.45, 2.75) is 6.54 Å². The summed E-state index contributed by atoms with van der Waals surface area (Å²) in [5.41, 5.74) is 0.0811. The number of hydrogen-bond donors (Lipinski definition) is 1. The molecule has 0 atom stereocenters. The molecule has 2 heterocycles. The summed E-state index contributed by atoms with van der Waals surface area (Å²) in [6, 6.07) is 7.96. The second-order valence-electron chi connectivity index (χ2n) is 5.68. The Bertz CT molecular complexity index is 849. The maximum absolute atomic E-state index is 12.4. The molecule has 2 aromatic rings. The molecule has 1 aromatic heterocycles. The molecule has 1 saturated heterocycles. The molecule has 1 N–H and O–H groups in total. The molecule has 1 amide bonds. The lowest BCUT2D eigenvalue weighted by atomic mass is 10.3. The second kappa shape index (κ2) is 8.20. The maximum atomic E-state index is 12.4. The van der Waals surface area contributed by atoms with Gasteiger partial charge in [0, 0.05) is 24.2 Å². The number of hydrogen-bond acceptors (Lipinski definition) is 6. The number of benzene rings is 1. The van der Waals surface area contributed by atoms with E-state index in [4.69, 9.17) is 21.1 Å². The third-order valence-electron chi connectivity index (χ3n) is 3.92. The van der Waals surface area contributed by atoms with Crippen LogP contribution < -0.4 is 20.5 Å². The zero-order valence-electron chi connectivity index (χ0n) is 14.3. The quantitative estimate of drug-likeness (QED) is 0.846. The Kier molecular flexibility index (Phi) is 5.75. The summed E-state index contributed by atoms with van der Waals surface area (Å²) in [5.74, 6) is 0.713. The van der Waals surface area contributed by atoms with Gasteiger partial charge in [0.25, 0.3) is 5.56 Å². The van der Waals surface area contributed by atoms with Gasteiger partial charge in [-0.25, -0.2) is 4.68 Å². The number of carbonyl (C=O) groups is 1. The predicted molar refractivity (Wildman–Crippen MR) is 98.2 cm³/mol. The van der Waals surface area contributed by atoms with E-state index in [0.717, 1.165) is 4.68 Å². The highest BCUT2D eigenvalue weighted by Gasteiger charge is 2.15. The minimum absolute atomic E-state index is 0.216. The topological polar surface area (TPSA) is 85.7 Å². The molecule has 3 rings (SSSR count). The van der Waals surface area contributed by atoms with E-state index in [9.17, 15) is 9.59 Å². The van der Waals surface area contributed by atoms with E-state index in [-0.39, 0.29) is 12.1 Å². The molecule has 1 aromatic carbocycles. The van der Waals surface area contributed by atoms with E-state index in [1.54, 1.807) is 24.3 Å². The number of carbonyl (C=O) groups excluding carboxylic acids is 1. The van der Waals surface area contributed by atoms with Crippen LogP contribution in [0, 0.1) is 0 Å². The average molecular weight is 379 g/mol. The summed E-state index contributed by atoms with van der Waals surface area (Å²) < 4.78 is 11.6. The van der Waals surface area contributed by atoms with E-state index in [0.29, 0.717) is 48.6 Å². The van der Waals surface area contributed by atoms with Crippen molar-refractivity contribution in [3.05, 3.63) is 45.7 Å². The molecule has 0 spiro atoms. The summed E-state index contributed by atoms with van der Waals surface area (Å²) in [6.07, 6.45) is 0.